The van der Waals surface area contributed by atoms with Gasteiger partial charge in [-0.25, -0.2) is 4.98 Å². The minimum Gasteiger partial charge on any atom is -0.325 e. The van der Waals surface area contributed by atoms with Crippen LogP contribution in [-0.4, -0.2) is 20.3 Å². The molecule has 3 aromatic carbocycles. The second-order valence-electron chi connectivity index (χ2n) is 7.77. The van der Waals surface area contributed by atoms with Gasteiger partial charge in [-0.05, 0) is 22.6 Å². The zero-order valence-electron chi connectivity index (χ0n) is 16.6. The van der Waals surface area contributed by atoms with Crippen molar-refractivity contribution in [1.29, 1.82) is 0 Å². The maximum absolute atomic E-state index is 12.9. The fraction of sp³-hybridized carbons (Fsp3) is 0.0800. The normalized spacial score (nSPS) is 12.1. The largest absolute Gasteiger partial charge is 0.325 e. The molecule has 0 saturated heterocycles. The average molecular weight is 406 g/mol. The van der Waals surface area contributed by atoms with Gasteiger partial charge in [-0.1, -0.05) is 54.6 Å². The van der Waals surface area contributed by atoms with E-state index in [0.29, 0.717) is 12.1 Å². The first-order valence-corrected chi connectivity index (χ1v) is 10.2. The number of rotatable bonds is 3. The fourth-order valence-electron chi connectivity index (χ4n) is 4.56. The van der Waals surface area contributed by atoms with Crippen LogP contribution in [0.2, 0.25) is 0 Å². The van der Waals surface area contributed by atoms with Gasteiger partial charge in [0.25, 0.3) is 5.56 Å². The lowest BCUT2D eigenvalue weighted by molar-refractivity contribution is -0.115. The quantitative estimate of drug-likeness (QED) is 0.467. The third-order valence-electron chi connectivity index (χ3n) is 5.96. The summed E-state index contributed by atoms with van der Waals surface area (Å²) in [6, 6.07) is 19.8. The maximum Gasteiger partial charge on any atom is 0.292 e. The van der Waals surface area contributed by atoms with Crippen molar-refractivity contribution in [2.24, 2.45) is 0 Å². The van der Waals surface area contributed by atoms with Gasteiger partial charge in [0.1, 0.15) is 0 Å². The molecule has 0 aliphatic heterocycles. The van der Waals surface area contributed by atoms with Crippen LogP contribution in [0.25, 0.3) is 27.7 Å². The van der Waals surface area contributed by atoms with Crippen molar-refractivity contribution in [3.63, 3.8) is 0 Å². The van der Waals surface area contributed by atoms with Crippen molar-refractivity contribution >= 4 is 28.0 Å². The molecule has 2 aromatic heterocycles. The van der Waals surface area contributed by atoms with Gasteiger partial charge in [-0.2, -0.15) is 0 Å². The van der Waals surface area contributed by atoms with Crippen molar-refractivity contribution in [3.05, 3.63) is 100 Å². The number of H-pyrrole nitrogens is 1. The highest BCUT2D eigenvalue weighted by Crippen LogP contribution is 2.36. The molecule has 6 rings (SSSR count). The second kappa shape index (κ2) is 6.67. The van der Waals surface area contributed by atoms with Crippen LogP contribution in [0.4, 0.5) is 5.69 Å². The number of benzene rings is 3. The van der Waals surface area contributed by atoms with Crippen LogP contribution in [0.15, 0.2) is 77.9 Å². The number of aromatic nitrogens is 3. The number of carbonyl (C=O) groups is 1. The van der Waals surface area contributed by atoms with Gasteiger partial charge in [0.15, 0.2) is 0 Å². The topological polar surface area (TPSA) is 79.3 Å². The number of hydrogen-bond donors (Lipinski definition) is 2. The van der Waals surface area contributed by atoms with Gasteiger partial charge >= 0.3 is 0 Å². The Morgan fingerprint density at radius 3 is 2.84 bits per heavy atom. The van der Waals surface area contributed by atoms with Crippen LogP contribution in [0.1, 0.15) is 16.8 Å². The third-order valence-corrected chi connectivity index (χ3v) is 5.96. The predicted octanol–water partition coefficient (Wildman–Crippen LogP) is 3.93. The molecule has 5 aromatic rings. The molecule has 0 fully saturated rings. The van der Waals surface area contributed by atoms with Gasteiger partial charge < -0.3 is 10.3 Å². The van der Waals surface area contributed by atoms with Crippen LogP contribution in [0, 0.1) is 0 Å². The van der Waals surface area contributed by atoms with Gasteiger partial charge in [-0.15, -0.1) is 0 Å². The van der Waals surface area contributed by atoms with E-state index in [2.05, 4.69) is 15.3 Å². The number of amides is 1. The molecule has 2 N–H and O–H groups in total. The summed E-state index contributed by atoms with van der Waals surface area (Å²) in [5.41, 5.74) is 5.79. The molecular formula is C25H18N4O2. The highest BCUT2D eigenvalue weighted by molar-refractivity contribution is 6.02. The Morgan fingerprint density at radius 1 is 1.06 bits per heavy atom. The molecule has 0 unspecified atom stereocenters. The Morgan fingerprint density at radius 2 is 1.90 bits per heavy atom. The second-order valence-corrected chi connectivity index (χ2v) is 7.77. The first kappa shape index (κ1) is 17.7. The van der Waals surface area contributed by atoms with Gasteiger partial charge in [0, 0.05) is 35.5 Å². The molecule has 0 saturated carbocycles. The smallest absolute Gasteiger partial charge is 0.292 e. The van der Waals surface area contributed by atoms with Crippen molar-refractivity contribution in [2.45, 2.75) is 12.8 Å². The summed E-state index contributed by atoms with van der Waals surface area (Å²) >= 11 is 0. The maximum atomic E-state index is 12.9. The molecule has 0 radical (unpaired) electrons. The van der Waals surface area contributed by atoms with E-state index < -0.39 is 0 Å². The van der Waals surface area contributed by atoms with E-state index in [1.54, 1.807) is 6.20 Å². The minimum absolute atomic E-state index is 0.0676. The van der Waals surface area contributed by atoms with Crippen molar-refractivity contribution in [3.8, 4) is 11.3 Å². The highest BCUT2D eigenvalue weighted by Gasteiger charge is 2.25. The Balaban J connectivity index is 1.34. The Kier molecular flexibility index (Phi) is 3.80. The van der Waals surface area contributed by atoms with E-state index in [4.69, 9.17) is 0 Å². The Labute approximate surface area is 177 Å². The zero-order chi connectivity index (χ0) is 20.9. The molecular weight excluding hydrogens is 388 g/mol. The number of hydrogen-bond acceptors (Lipinski definition) is 3. The number of anilines is 1. The van der Waals surface area contributed by atoms with Crippen molar-refractivity contribution in [1.82, 2.24) is 14.4 Å². The number of nitrogens with one attached hydrogen (secondary N) is 2. The summed E-state index contributed by atoms with van der Waals surface area (Å²) in [5, 5.41) is 5.17. The third kappa shape index (κ3) is 2.76. The van der Waals surface area contributed by atoms with Crippen molar-refractivity contribution < 1.29 is 4.79 Å². The number of aromatic amines is 1. The number of carbonyl (C=O) groups excluding carboxylic acids is 1. The molecule has 31 heavy (non-hydrogen) atoms. The van der Waals surface area contributed by atoms with E-state index in [9.17, 15) is 9.59 Å². The molecule has 0 bridgehead atoms. The number of imidazole rings is 1. The number of fused-ring (bicyclic) bond motifs is 6. The zero-order valence-corrected chi connectivity index (χ0v) is 16.6. The highest BCUT2D eigenvalue weighted by atomic mass is 16.1. The summed E-state index contributed by atoms with van der Waals surface area (Å²) in [7, 11) is 0. The lowest BCUT2D eigenvalue weighted by atomic mass is 9.99. The molecule has 6 heteroatoms. The van der Waals surface area contributed by atoms with Crippen LogP contribution < -0.4 is 10.9 Å². The molecule has 0 spiro atoms. The monoisotopic (exact) mass is 406 g/mol. The van der Waals surface area contributed by atoms with Crippen LogP contribution in [-0.2, 0) is 17.6 Å². The van der Waals surface area contributed by atoms with Gasteiger partial charge in [-0.3, -0.25) is 14.0 Å². The Hall–Kier alpha value is -4.19. The summed E-state index contributed by atoms with van der Waals surface area (Å²) in [6.45, 7) is 0. The lowest BCUT2D eigenvalue weighted by Crippen LogP contribution is -2.15. The van der Waals surface area contributed by atoms with E-state index in [-0.39, 0.29) is 17.9 Å². The van der Waals surface area contributed by atoms with E-state index in [1.807, 2.05) is 71.3 Å². The van der Waals surface area contributed by atoms with Gasteiger partial charge in [0.05, 0.1) is 17.8 Å². The fourth-order valence-corrected chi connectivity index (χ4v) is 4.56. The van der Waals surface area contributed by atoms with Crippen LogP contribution in [0.3, 0.4) is 0 Å². The first-order valence-electron chi connectivity index (χ1n) is 10.2. The van der Waals surface area contributed by atoms with E-state index >= 15 is 0 Å². The molecule has 150 valence electrons. The molecule has 2 heterocycles. The predicted molar refractivity (Wildman–Crippen MR) is 120 cm³/mol. The number of nitrogens with zero attached hydrogens (tertiary/aromatic N) is 2. The standard InChI is InChI=1S/C25H18N4O2/c30-22(27-20-10-4-6-15-5-1-2-8-17(15)20)13-16-7-3-9-18-19(16)14-21-23(18)28-25(31)24-26-11-12-29(21)24/h1-12H,13-14H2,(H,27,30)(H,28,31). The summed E-state index contributed by atoms with van der Waals surface area (Å²) in [5.74, 6) is -0.0676. The minimum atomic E-state index is -0.212. The first-order chi connectivity index (χ1) is 15.2. The molecule has 1 amide bonds. The van der Waals surface area contributed by atoms with Crippen LogP contribution >= 0.6 is 0 Å². The van der Waals surface area contributed by atoms with E-state index in [0.717, 1.165) is 44.5 Å². The molecule has 1 aliphatic rings. The molecule has 6 nitrogen and oxygen atoms in total. The molecule has 0 atom stereocenters. The summed E-state index contributed by atoms with van der Waals surface area (Å²) in [4.78, 5) is 32.4. The lowest BCUT2D eigenvalue weighted by Gasteiger charge is -2.11. The van der Waals surface area contributed by atoms with Crippen LogP contribution in [0.5, 0.6) is 0 Å². The summed E-state index contributed by atoms with van der Waals surface area (Å²) < 4.78 is 1.84. The Bertz CT molecular complexity index is 1560. The molecule has 1 aliphatic carbocycles. The average Bonchev–Trinajstić information content (AvgIpc) is 3.40. The van der Waals surface area contributed by atoms with Crippen molar-refractivity contribution in [2.75, 3.05) is 5.32 Å². The SMILES string of the molecule is O=C(Cc1cccc2c1Cc1c-2[nH]c(=O)c2nccn12)Nc1cccc2ccccc12. The van der Waals surface area contributed by atoms with E-state index in [1.165, 1.54) is 0 Å². The van der Waals surface area contributed by atoms with Gasteiger partial charge in [0.2, 0.25) is 11.6 Å². The summed E-state index contributed by atoms with van der Waals surface area (Å²) in [6.07, 6.45) is 4.35.